The Hall–Kier alpha value is -4.18. The SMILES string of the molecule is CCN(CC)c1ccc(-n2nc3cc(C)c(NC(=S)NC(=O)/C=C/c4ccc(-c5cc(Cl)cc(Cl)c5)o4)cc3n2)c(C)c1. The zero-order valence-electron chi connectivity index (χ0n) is 24.1. The van der Waals surface area contributed by atoms with Crippen molar-refractivity contribution in [1.29, 1.82) is 0 Å². The number of rotatable bonds is 8. The Balaban J connectivity index is 1.24. The molecule has 11 heteroatoms. The van der Waals surface area contributed by atoms with Gasteiger partial charge in [-0.3, -0.25) is 10.1 Å². The van der Waals surface area contributed by atoms with Crippen molar-refractivity contribution in [2.24, 2.45) is 0 Å². The van der Waals surface area contributed by atoms with E-state index in [2.05, 4.69) is 48.4 Å². The maximum atomic E-state index is 12.5. The molecule has 1 amide bonds. The number of carbonyl (C=O) groups is 1. The van der Waals surface area contributed by atoms with Crippen LogP contribution in [0.1, 0.15) is 30.7 Å². The molecule has 5 aromatic rings. The van der Waals surface area contributed by atoms with Gasteiger partial charge < -0.3 is 14.6 Å². The first-order valence-corrected chi connectivity index (χ1v) is 14.9. The third-order valence-corrected chi connectivity index (χ3v) is 7.55. The second-order valence-electron chi connectivity index (χ2n) is 9.93. The van der Waals surface area contributed by atoms with Crippen molar-refractivity contribution in [1.82, 2.24) is 20.3 Å². The van der Waals surface area contributed by atoms with Gasteiger partial charge in [-0.25, -0.2) is 0 Å². The number of furan rings is 1. The summed E-state index contributed by atoms with van der Waals surface area (Å²) in [6.45, 7) is 10.2. The van der Waals surface area contributed by atoms with Gasteiger partial charge in [-0.15, -0.1) is 10.2 Å². The lowest BCUT2D eigenvalue weighted by Gasteiger charge is -2.22. The molecule has 2 N–H and O–H groups in total. The van der Waals surface area contributed by atoms with Gasteiger partial charge in [-0.1, -0.05) is 23.2 Å². The number of halogens is 2. The maximum Gasteiger partial charge on any atom is 0.250 e. The Morgan fingerprint density at radius 3 is 2.33 bits per heavy atom. The minimum absolute atomic E-state index is 0.154. The molecular weight excluding hydrogens is 603 g/mol. The molecule has 0 spiro atoms. The Kier molecular flexibility index (Phi) is 9.15. The number of nitrogens with one attached hydrogen (secondary N) is 2. The van der Waals surface area contributed by atoms with Crippen LogP contribution in [0.25, 0.3) is 34.1 Å². The van der Waals surface area contributed by atoms with Crippen molar-refractivity contribution < 1.29 is 9.21 Å². The van der Waals surface area contributed by atoms with E-state index in [1.54, 1.807) is 41.2 Å². The largest absolute Gasteiger partial charge is 0.457 e. The van der Waals surface area contributed by atoms with Crippen molar-refractivity contribution in [2.75, 3.05) is 23.3 Å². The third kappa shape index (κ3) is 7.07. The zero-order chi connectivity index (χ0) is 30.7. The van der Waals surface area contributed by atoms with Gasteiger partial charge in [0.05, 0.1) is 5.69 Å². The number of amides is 1. The van der Waals surface area contributed by atoms with E-state index in [9.17, 15) is 4.79 Å². The lowest BCUT2D eigenvalue weighted by atomic mass is 10.1. The van der Waals surface area contributed by atoms with Crippen LogP contribution in [0.2, 0.25) is 10.0 Å². The number of nitrogens with zero attached hydrogens (tertiary/aromatic N) is 4. The Morgan fingerprint density at radius 1 is 0.953 bits per heavy atom. The quantitative estimate of drug-likeness (QED) is 0.132. The molecule has 5 rings (SSSR count). The molecule has 0 unspecified atom stereocenters. The van der Waals surface area contributed by atoms with Crippen LogP contribution in [0.3, 0.4) is 0 Å². The Labute approximate surface area is 265 Å². The van der Waals surface area contributed by atoms with E-state index in [-0.39, 0.29) is 5.11 Å². The highest BCUT2D eigenvalue weighted by molar-refractivity contribution is 7.80. The third-order valence-electron chi connectivity index (χ3n) is 6.91. The molecule has 0 radical (unpaired) electrons. The van der Waals surface area contributed by atoms with Crippen molar-refractivity contribution in [3.05, 3.63) is 93.7 Å². The summed E-state index contributed by atoms with van der Waals surface area (Å²) in [7, 11) is 0. The van der Waals surface area contributed by atoms with Crippen LogP contribution in [-0.4, -0.2) is 39.1 Å². The summed E-state index contributed by atoms with van der Waals surface area (Å²) < 4.78 is 5.81. The molecule has 0 aliphatic rings. The molecule has 0 saturated carbocycles. The van der Waals surface area contributed by atoms with E-state index in [4.69, 9.17) is 50.0 Å². The van der Waals surface area contributed by atoms with Gasteiger partial charge in [0.2, 0.25) is 5.91 Å². The van der Waals surface area contributed by atoms with E-state index in [1.165, 1.54) is 11.8 Å². The Morgan fingerprint density at radius 2 is 1.65 bits per heavy atom. The van der Waals surface area contributed by atoms with Crippen molar-refractivity contribution >= 4 is 74.9 Å². The van der Waals surface area contributed by atoms with Gasteiger partial charge in [-0.05, 0) is 118 Å². The number of hydrogen-bond acceptors (Lipinski definition) is 6. The summed E-state index contributed by atoms with van der Waals surface area (Å²) in [6, 6.07) is 18.8. The second kappa shape index (κ2) is 13.0. The normalized spacial score (nSPS) is 11.3. The number of aromatic nitrogens is 3. The minimum Gasteiger partial charge on any atom is -0.457 e. The lowest BCUT2D eigenvalue weighted by Crippen LogP contribution is -2.33. The highest BCUT2D eigenvalue weighted by atomic mass is 35.5. The average Bonchev–Trinajstić information content (AvgIpc) is 3.59. The predicted octanol–water partition coefficient (Wildman–Crippen LogP) is 7.98. The van der Waals surface area contributed by atoms with Crippen LogP contribution >= 0.6 is 35.4 Å². The fourth-order valence-corrected chi connectivity index (χ4v) is 5.45. The monoisotopic (exact) mass is 632 g/mol. The average molecular weight is 634 g/mol. The lowest BCUT2D eigenvalue weighted by molar-refractivity contribution is -0.115. The number of anilines is 2. The number of aryl methyl sites for hydroxylation is 2. The molecular formula is C32H30Cl2N6O2S. The van der Waals surface area contributed by atoms with E-state index in [1.807, 2.05) is 25.1 Å². The van der Waals surface area contributed by atoms with Crippen LogP contribution in [0.15, 0.2) is 71.2 Å². The molecule has 0 bridgehead atoms. The number of hydrogen-bond donors (Lipinski definition) is 2. The fraction of sp³-hybridized carbons (Fsp3) is 0.188. The van der Waals surface area contributed by atoms with Crippen LogP contribution in [-0.2, 0) is 4.79 Å². The summed E-state index contributed by atoms with van der Waals surface area (Å²) in [5, 5.41) is 16.3. The predicted molar refractivity (Wildman–Crippen MR) is 179 cm³/mol. The molecule has 43 heavy (non-hydrogen) atoms. The van der Waals surface area contributed by atoms with Gasteiger partial charge in [0.25, 0.3) is 0 Å². The molecule has 220 valence electrons. The topological polar surface area (TPSA) is 88.2 Å². The van der Waals surface area contributed by atoms with Gasteiger partial charge in [0.1, 0.15) is 22.6 Å². The zero-order valence-corrected chi connectivity index (χ0v) is 26.4. The number of fused-ring (bicyclic) bond motifs is 1. The minimum atomic E-state index is -0.408. The number of benzene rings is 3. The van der Waals surface area contributed by atoms with Gasteiger partial charge >= 0.3 is 0 Å². The first-order chi connectivity index (χ1) is 20.6. The highest BCUT2D eigenvalue weighted by Crippen LogP contribution is 2.29. The standard InChI is InChI=1S/C32H30Cl2N6O2S/c1-5-39(6-2)24-7-10-29(20(4)13-24)40-37-27-14-19(3)26(18-28(27)38-40)35-32(43)36-31(41)12-9-25-8-11-30(42-25)21-15-22(33)17-23(34)16-21/h7-18H,5-6H2,1-4H3,(H2,35,36,41,43)/b12-9+. The summed E-state index contributed by atoms with van der Waals surface area (Å²) >= 11 is 17.6. The van der Waals surface area contributed by atoms with Gasteiger partial charge in [0, 0.05) is 46.1 Å². The number of thiocarbonyl (C=S) groups is 1. The number of carbonyl (C=O) groups excluding carboxylic acids is 1. The smallest absolute Gasteiger partial charge is 0.250 e. The second-order valence-corrected chi connectivity index (χ2v) is 11.2. The van der Waals surface area contributed by atoms with Crippen molar-refractivity contribution in [2.45, 2.75) is 27.7 Å². The summed E-state index contributed by atoms with van der Waals surface area (Å²) in [6.07, 6.45) is 2.90. The van der Waals surface area contributed by atoms with Gasteiger partial charge in [-0.2, -0.15) is 4.80 Å². The van der Waals surface area contributed by atoms with E-state index in [0.29, 0.717) is 27.1 Å². The highest BCUT2D eigenvalue weighted by Gasteiger charge is 2.13. The molecule has 3 aromatic carbocycles. The summed E-state index contributed by atoms with van der Waals surface area (Å²) in [5.74, 6) is 0.660. The maximum absolute atomic E-state index is 12.5. The summed E-state index contributed by atoms with van der Waals surface area (Å²) in [5.41, 5.74) is 6.98. The van der Waals surface area contributed by atoms with Gasteiger partial charge in [0.15, 0.2) is 5.11 Å². The van der Waals surface area contributed by atoms with E-state index in [0.717, 1.165) is 46.7 Å². The first-order valence-electron chi connectivity index (χ1n) is 13.7. The molecule has 0 aliphatic heterocycles. The Bertz CT molecular complexity index is 1840. The van der Waals surface area contributed by atoms with Crippen LogP contribution in [0, 0.1) is 13.8 Å². The van der Waals surface area contributed by atoms with Crippen LogP contribution in [0.4, 0.5) is 11.4 Å². The van der Waals surface area contributed by atoms with Crippen LogP contribution in [0.5, 0.6) is 0 Å². The summed E-state index contributed by atoms with van der Waals surface area (Å²) in [4.78, 5) is 16.5. The molecule has 2 heterocycles. The molecule has 2 aromatic heterocycles. The molecule has 8 nitrogen and oxygen atoms in total. The first kappa shape index (κ1) is 30.3. The molecule has 0 fully saturated rings. The fourth-order valence-electron chi connectivity index (χ4n) is 4.72. The van der Waals surface area contributed by atoms with E-state index >= 15 is 0 Å². The van der Waals surface area contributed by atoms with Crippen molar-refractivity contribution in [3.63, 3.8) is 0 Å². The van der Waals surface area contributed by atoms with Crippen molar-refractivity contribution in [3.8, 4) is 17.0 Å². The molecule has 0 aliphatic carbocycles. The molecule has 0 saturated heterocycles. The van der Waals surface area contributed by atoms with E-state index < -0.39 is 5.91 Å². The molecule has 0 atom stereocenters. The van der Waals surface area contributed by atoms with Crippen LogP contribution < -0.4 is 15.5 Å².